The number of fused-ring (bicyclic) bond motifs is 2. The molecule has 1 aliphatic rings. The second kappa shape index (κ2) is 9.44. The van der Waals surface area contributed by atoms with Gasteiger partial charge in [0.1, 0.15) is 11.4 Å². The molecule has 172 valence electrons. The molecule has 4 rings (SSSR count). The van der Waals surface area contributed by atoms with E-state index in [9.17, 15) is 19.2 Å². The van der Waals surface area contributed by atoms with Gasteiger partial charge in [-0.2, -0.15) is 0 Å². The van der Waals surface area contributed by atoms with Crippen LogP contribution in [0.4, 0.5) is 11.5 Å². The molecule has 1 amide bonds. The van der Waals surface area contributed by atoms with E-state index in [4.69, 9.17) is 10.5 Å². The van der Waals surface area contributed by atoms with E-state index in [1.807, 2.05) is 0 Å². The lowest BCUT2D eigenvalue weighted by Gasteiger charge is -2.21. The second-order valence-corrected chi connectivity index (χ2v) is 8.66. The van der Waals surface area contributed by atoms with Crippen LogP contribution in [0.2, 0.25) is 0 Å². The van der Waals surface area contributed by atoms with Crippen molar-refractivity contribution in [1.82, 2.24) is 9.97 Å². The molecule has 34 heavy (non-hydrogen) atoms. The number of benzene rings is 2. The number of nitrogen functional groups attached to an aromatic ring is 1. The van der Waals surface area contributed by atoms with Crippen molar-refractivity contribution in [3.63, 3.8) is 0 Å². The van der Waals surface area contributed by atoms with E-state index in [1.54, 1.807) is 56.3 Å². The molecule has 10 heteroatoms. The average molecular weight is 477 g/mol. The first-order valence-corrected chi connectivity index (χ1v) is 11.3. The number of carbonyl (C=O) groups is 4. The standard InChI is InChI=1S/C24H20N4O5S/c1-3-33-23(32)16-11-26-24(28-21(16)25)34-12(2)22(31)27-17-10-6-9-15-18(17)20(30)14-8-5-4-7-13(14)19(15)29/h4-12H,3H2,1-2H3,(H,27,31)(H2,25,26,28). The summed E-state index contributed by atoms with van der Waals surface area (Å²) in [5, 5.41) is 2.26. The van der Waals surface area contributed by atoms with Crippen molar-refractivity contribution in [3.8, 4) is 0 Å². The lowest BCUT2D eigenvalue weighted by atomic mass is 9.83. The number of nitrogens with one attached hydrogen (secondary N) is 1. The topological polar surface area (TPSA) is 141 Å². The molecule has 1 aliphatic carbocycles. The smallest absolute Gasteiger partial charge is 0.343 e. The normalized spacial score (nSPS) is 13.0. The summed E-state index contributed by atoms with van der Waals surface area (Å²) in [6.07, 6.45) is 1.25. The van der Waals surface area contributed by atoms with E-state index >= 15 is 0 Å². The number of nitrogens with two attached hydrogens (primary N) is 1. The van der Waals surface area contributed by atoms with Crippen molar-refractivity contribution in [3.05, 3.63) is 76.5 Å². The van der Waals surface area contributed by atoms with E-state index < -0.39 is 17.1 Å². The van der Waals surface area contributed by atoms with Gasteiger partial charge in [-0.3, -0.25) is 14.4 Å². The Kier molecular flexibility index (Phi) is 6.42. The molecule has 0 bridgehead atoms. The number of rotatable bonds is 6. The summed E-state index contributed by atoms with van der Waals surface area (Å²) in [7, 11) is 0. The lowest BCUT2D eigenvalue weighted by molar-refractivity contribution is -0.115. The number of nitrogens with zero attached hydrogens (tertiary/aromatic N) is 2. The van der Waals surface area contributed by atoms with Crippen molar-refractivity contribution in [2.24, 2.45) is 0 Å². The monoisotopic (exact) mass is 476 g/mol. The van der Waals surface area contributed by atoms with Crippen LogP contribution in [0.15, 0.2) is 53.8 Å². The van der Waals surface area contributed by atoms with Gasteiger partial charge in [-0.15, -0.1) is 0 Å². The molecule has 1 heterocycles. The number of ketones is 2. The van der Waals surface area contributed by atoms with Gasteiger partial charge in [0.05, 0.1) is 23.1 Å². The van der Waals surface area contributed by atoms with Crippen molar-refractivity contribution < 1.29 is 23.9 Å². The van der Waals surface area contributed by atoms with Gasteiger partial charge in [-0.05, 0) is 19.9 Å². The highest BCUT2D eigenvalue weighted by molar-refractivity contribution is 8.00. The Morgan fingerprint density at radius 2 is 1.74 bits per heavy atom. The molecule has 0 saturated carbocycles. The van der Waals surface area contributed by atoms with Crippen molar-refractivity contribution >= 4 is 46.7 Å². The number of anilines is 2. The Labute approximate surface area is 199 Å². The van der Waals surface area contributed by atoms with Crippen LogP contribution in [0.3, 0.4) is 0 Å². The van der Waals surface area contributed by atoms with Crippen molar-refractivity contribution in [2.75, 3.05) is 17.7 Å². The number of hydrogen-bond donors (Lipinski definition) is 2. The minimum atomic E-state index is -0.676. The van der Waals surface area contributed by atoms with Crippen LogP contribution in [-0.2, 0) is 9.53 Å². The summed E-state index contributed by atoms with van der Waals surface area (Å²) >= 11 is 1.03. The van der Waals surface area contributed by atoms with Gasteiger partial charge in [0.25, 0.3) is 0 Å². The van der Waals surface area contributed by atoms with Gasteiger partial charge >= 0.3 is 5.97 Å². The first kappa shape index (κ1) is 23.1. The van der Waals surface area contributed by atoms with Gasteiger partial charge in [0, 0.05) is 22.9 Å². The zero-order valence-electron chi connectivity index (χ0n) is 18.3. The van der Waals surface area contributed by atoms with Gasteiger partial charge in [0.2, 0.25) is 5.91 Å². The fourth-order valence-corrected chi connectivity index (χ4v) is 4.24. The summed E-state index contributed by atoms with van der Waals surface area (Å²) in [6, 6.07) is 11.4. The highest BCUT2D eigenvalue weighted by atomic mass is 32.2. The van der Waals surface area contributed by atoms with E-state index in [0.29, 0.717) is 11.1 Å². The number of amides is 1. The van der Waals surface area contributed by atoms with Crippen molar-refractivity contribution in [1.29, 1.82) is 0 Å². The van der Waals surface area contributed by atoms with Crippen molar-refractivity contribution in [2.45, 2.75) is 24.3 Å². The predicted octanol–water partition coefficient (Wildman–Crippen LogP) is 3.13. The van der Waals surface area contributed by atoms with Gasteiger partial charge in [-0.1, -0.05) is 48.2 Å². The van der Waals surface area contributed by atoms with E-state index in [-0.39, 0.29) is 51.5 Å². The minimum absolute atomic E-state index is 0.0441. The average Bonchev–Trinajstić information content (AvgIpc) is 2.82. The Morgan fingerprint density at radius 3 is 2.41 bits per heavy atom. The zero-order valence-corrected chi connectivity index (χ0v) is 19.1. The summed E-state index contributed by atoms with van der Waals surface area (Å²) in [5.74, 6) is -1.70. The fraction of sp³-hybridized carbons (Fsp3) is 0.167. The largest absolute Gasteiger partial charge is 0.462 e. The number of ether oxygens (including phenoxy) is 1. The maximum atomic E-state index is 13.1. The molecular formula is C24H20N4O5S. The summed E-state index contributed by atoms with van der Waals surface area (Å²) in [5.41, 5.74) is 7.18. The molecule has 3 aromatic rings. The molecular weight excluding hydrogens is 456 g/mol. The Bertz CT molecular complexity index is 1340. The second-order valence-electron chi connectivity index (χ2n) is 7.35. The highest BCUT2D eigenvalue weighted by Gasteiger charge is 2.32. The highest BCUT2D eigenvalue weighted by Crippen LogP contribution is 2.32. The Hall–Kier alpha value is -4.05. The molecule has 3 N–H and O–H groups in total. The number of thioether (sulfide) groups is 1. The third-order valence-corrected chi connectivity index (χ3v) is 6.13. The number of aromatic nitrogens is 2. The molecule has 2 aromatic carbocycles. The van der Waals surface area contributed by atoms with Crippen LogP contribution in [0.5, 0.6) is 0 Å². The lowest BCUT2D eigenvalue weighted by Crippen LogP contribution is -2.27. The van der Waals surface area contributed by atoms with Crippen LogP contribution < -0.4 is 11.1 Å². The number of carbonyl (C=O) groups excluding carboxylic acids is 4. The van der Waals surface area contributed by atoms with Crippen LogP contribution in [0.25, 0.3) is 0 Å². The molecule has 0 spiro atoms. The predicted molar refractivity (Wildman–Crippen MR) is 126 cm³/mol. The molecule has 9 nitrogen and oxygen atoms in total. The van der Waals surface area contributed by atoms with Gasteiger partial charge < -0.3 is 15.8 Å². The Morgan fingerprint density at radius 1 is 1.06 bits per heavy atom. The van der Waals surface area contributed by atoms with E-state index in [1.165, 1.54) is 6.20 Å². The van der Waals surface area contributed by atoms with Crippen LogP contribution in [0.1, 0.15) is 56.0 Å². The summed E-state index contributed by atoms with van der Waals surface area (Å²) in [6.45, 7) is 3.50. The van der Waals surface area contributed by atoms with Crippen LogP contribution in [-0.4, -0.2) is 45.3 Å². The van der Waals surface area contributed by atoms with E-state index in [2.05, 4.69) is 15.3 Å². The van der Waals surface area contributed by atoms with E-state index in [0.717, 1.165) is 11.8 Å². The first-order chi connectivity index (χ1) is 16.3. The Balaban J connectivity index is 1.53. The zero-order chi connectivity index (χ0) is 24.4. The maximum Gasteiger partial charge on any atom is 0.343 e. The SMILES string of the molecule is CCOC(=O)c1cnc(SC(C)C(=O)Nc2cccc3c2C(=O)c2ccccc2C3=O)nc1N. The summed E-state index contributed by atoms with van der Waals surface area (Å²) < 4.78 is 4.90. The van der Waals surface area contributed by atoms with Crippen LogP contribution in [0, 0.1) is 0 Å². The van der Waals surface area contributed by atoms with Gasteiger partial charge in [0.15, 0.2) is 16.7 Å². The van der Waals surface area contributed by atoms with Crippen LogP contribution >= 0.6 is 11.8 Å². The molecule has 1 atom stereocenters. The first-order valence-electron chi connectivity index (χ1n) is 10.4. The molecule has 0 aliphatic heterocycles. The molecule has 0 fully saturated rings. The molecule has 0 radical (unpaired) electrons. The molecule has 1 unspecified atom stereocenters. The molecule has 1 aromatic heterocycles. The molecule has 0 saturated heterocycles. The maximum absolute atomic E-state index is 13.1. The quantitative estimate of drug-likeness (QED) is 0.244. The van der Waals surface area contributed by atoms with Gasteiger partial charge in [-0.25, -0.2) is 14.8 Å². The third-order valence-electron chi connectivity index (χ3n) is 5.15. The minimum Gasteiger partial charge on any atom is -0.462 e. The summed E-state index contributed by atoms with van der Waals surface area (Å²) in [4.78, 5) is 58.9. The number of hydrogen-bond acceptors (Lipinski definition) is 9. The number of esters is 1. The third kappa shape index (κ3) is 4.27. The fourth-order valence-electron chi connectivity index (χ4n) is 3.50.